The predicted molar refractivity (Wildman–Crippen MR) is 72.4 cm³/mol. The van der Waals surface area contributed by atoms with Gasteiger partial charge in [0.25, 0.3) is 5.91 Å². The number of carbonyl (C=O) groups excluding carboxylic acids is 2. The minimum Gasteiger partial charge on any atom is -0.480 e. The SMILES string of the molecule is NC(=O)CC(NC(=O)c1cc2sccc2s1)C(=O)O. The molecule has 19 heavy (non-hydrogen) atoms. The van der Waals surface area contributed by atoms with Gasteiger partial charge in [0.1, 0.15) is 6.04 Å². The summed E-state index contributed by atoms with van der Waals surface area (Å²) in [6, 6.07) is 2.29. The average molecular weight is 298 g/mol. The van der Waals surface area contributed by atoms with Crippen molar-refractivity contribution in [3.63, 3.8) is 0 Å². The zero-order valence-electron chi connectivity index (χ0n) is 9.58. The summed E-state index contributed by atoms with van der Waals surface area (Å²) in [6.45, 7) is 0. The van der Waals surface area contributed by atoms with E-state index >= 15 is 0 Å². The summed E-state index contributed by atoms with van der Waals surface area (Å²) in [7, 11) is 0. The Balaban J connectivity index is 2.12. The molecule has 2 heterocycles. The molecule has 0 saturated heterocycles. The van der Waals surface area contributed by atoms with Crippen molar-refractivity contribution < 1.29 is 19.5 Å². The molecule has 1 unspecified atom stereocenters. The van der Waals surface area contributed by atoms with Crippen molar-refractivity contribution in [1.29, 1.82) is 0 Å². The fourth-order valence-corrected chi connectivity index (χ4v) is 3.52. The summed E-state index contributed by atoms with van der Waals surface area (Å²) < 4.78 is 1.94. The van der Waals surface area contributed by atoms with Crippen LogP contribution in [0.1, 0.15) is 16.1 Å². The van der Waals surface area contributed by atoms with Crippen molar-refractivity contribution in [2.24, 2.45) is 5.73 Å². The zero-order valence-corrected chi connectivity index (χ0v) is 11.2. The molecular formula is C11H10N2O4S2. The largest absolute Gasteiger partial charge is 0.480 e. The van der Waals surface area contributed by atoms with Crippen LogP contribution in [0, 0.1) is 0 Å². The first-order valence-electron chi connectivity index (χ1n) is 5.26. The Hall–Kier alpha value is -1.93. The molecule has 0 aliphatic carbocycles. The van der Waals surface area contributed by atoms with Crippen molar-refractivity contribution in [3.8, 4) is 0 Å². The molecule has 0 aromatic carbocycles. The van der Waals surface area contributed by atoms with Crippen LogP contribution in [0.2, 0.25) is 0 Å². The van der Waals surface area contributed by atoms with E-state index < -0.39 is 30.2 Å². The third kappa shape index (κ3) is 3.09. The second-order valence-corrected chi connectivity index (χ2v) is 5.83. The molecule has 100 valence electrons. The number of carboxylic acid groups (broad SMARTS) is 1. The number of rotatable bonds is 5. The molecule has 2 rings (SSSR count). The second kappa shape index (κ2) is 5.37. The molecule has 2 aromatic heterocycles. The van der Waals surface area contributed by atoms with Crippen LogP contribution in [0.25, 0.3) is 9.40 Å². The monoisotopic (exact) mass is 298 g/mol. The van der Waals surface area contributed by atoms with E-state index in [0.29, 0.717) is 4.88 Å². The van der Waals surface area contributed by atoms with E-state index in [1.807, 2.05) is 11.4 Å². The molecule has 1 atom stereocenters. The van der Waals surface area contributed by atoms with Gasteiger partial charge in [0.05, 0.1) is 11.3 Å². The van der Waals surface area contributed by atoms with Gasteiger partial charge in [-0.2, -0.15) is 0 Å². The predicted octanol–water partition coefficient (Wildman–Crippen LogP) is 1.02. The highest BCUT2D eigenvalue weighted by molar-refractivity contribution is 7.27. The van der Waals surface area contributed by atoms with Crippen molar-refractivity contribution in [3.05, 3.63) is 22.4 Å². The molecule has 0 spiro atoms. The number of primary amides is 1. The highest BCUT2D eigenvalue weighted by Gasteiger charge is 2.23. The van der Waals surface area contributed by atoms with E-state index in [0.717, 1.165) is 9.40 Å². The minimum atomic E-state index is -1.30. The molecule has 4 N–H and O–H groups in total. The number of carbonyl (C=O) groups is 3. The van der Waals surface area contributed by atoms with E-state index in [4.69, 9.17) is 10.8 Å². The van der Waals surface area contributed by atoms with Crippen LogP contribution >= 0.6 is 22.7 Å². The summed E-state index contributed by atoms with van der Waals surface area (Å²) >= 11 is 2.78. The minimum absolute atomic E-state index is 0.414. The Morgan fingerprint density at radius 2 is 2.11 bits per heavy atom. The Bertz CT molecular complexity index is 617. The van der Waals surface area contributed by atoms with E-state index in [-0.39, 0.29) is 0 Å². The van der Waals surface area contributed by atoms with Gasteiger partial charge in [-0.15, -0.1) is 22.7 Å². The Kier molecular flexibility index (Phi) is 3.82. The molecule has 0 fully saturated rings. The van der Waals surface area contributed by atoms with E-state index in [1.165, 1.54) is 22.7 Å². The molecule has 6 nitrogen and oxygen atoms in total. The maximum Gasteiger partial charge on any atom is 0.326 e. The van der Waals surface area contributed by atoms with E-state index in [1.54, 1.807) is 6.07 Å². The highest BCUT2D eigenvalue weighted by atomic mass is 32.1. The van der Waals surface area contributed by atoms with Crippen LogP contribution in [0.3, 0.4) is 0 Å². The lowest BCUT2D eigenvalue weighted by atomic mass is 10.2. The first kappa shape index (κ1) is 13.5. The quantitative estimate of drug-likeness (QED) is 0.765. The van der Waals surface area contributed by atoms with Crippen molar-refractivity contribution in [1.82, 2.24) is 5.32 Å². The summed E-state index contributed by atoms with van der Waals surface area (Å²) in [5, 5.41) is 13.1. The topological polar surface area (TPSA) is 109 Å². The normalized spacial score (nSPS) is 12.2. The van der Waals surface area contributed by atoms with Crippen molar-refractivity contribution in [2.75, 3.05) is 0 Å². The molecule has 0 aliphatic heterocycles. The van der Waals surface area contributed by atoms with Gasteiger partial charge in [0.15, 0.2) is 0 Å². The molecule has 0 radical (unpaired) electrons. The van der Waals surface area contributed by atoms with Gasteiger partial charge < -0.3 is 16.2 Å². The summed E-state index contributed by atoms with van der Waals surface area (Å²) in [5.74, 6) is -2.58. The van der Waals surface area contributed by atoms with Gasteiger partial charge in [-0.3, -0.25) is 9.59 Å². The first-order valence-corrected chi connectivity index (χ1v) is 6.96. The highest BCUT2D eigenvalue weighted by Crippen LogP contribution is 2.29. The van der Waals surface area contributed by atoms with Gasteiger partial charge in [-0.25, -0.2) is 4.79 Å². The summed E-state index contributed by atoms with van der Waals surface area (Å²) in [4.78, 5) is 34.0. The van der Waals surface area contributed by atoms with Gasteiger partial charge in [0, 0.05) is 9.40 Å². The number of hydrogen-bond acceptors (Lipinski definition) is 5. The fourth-order valence-electron chi connectivity index (χ4n) is 1.51. The number of fused-ring (bicyclic) bond motifs is 1. The van der Waals surface area contributed by atoms with E-state index in [2.05, 4.69) is 5.32 Å². The number of amides is 2. The lowest BCUT2D eigenvalue weighted by Gasteiger charge is -2.11. The van der Waals surface area contributed by atoms with Crippen LogP contribution in [-0.2, 0) is 9.59 Å². The molecule has 0 saturated carbocycles. The lowest BCUT2D eigenvalue weighted by Crippen LogP contribution is -2.43. The number of nitrogens with two attached hydrogens (primary N) is 1. The number of carboxylic acids is 1. The van der Waals surface area contributed by atoms with Gasteiger partial charge >= 0.3 is 5.97 Å². The third-order valence-electron chi connectivity index (χ3n) is 2.37. The number of nitrogens with one attached hydrogen (secondary N) is 1. The summed E-state index contributed by atoms with van der Waals surface area (Å²) in [5.41, 5.74) is 4.94. The average Bonchev–Trinajstić information content (AvgIpc) is 2.86. The molecule has 2 amide bonds. The van der Waals surface area contributed by atoms with Gasteiger partial charge in [0.2, 0.25) is 5.91 Å². The Morgan fingerprint density at radius 1 is 1.37 bits per heavy atom. The number of hydrogen-bond donors (Lipinski definition) is 3. The molecule has 0 bridgehead atoms. The second-order valence-electron chi connectivity index (χ2n) is 3.79. The molecule has 2 aromatic rings. The van der Waals surface area contributed by atoms with Gasteiger partial charge in [-0.1, -0.05) is 0 Å². The standard InChI is InChI=1S/C11H10N2O4S2/c12-9(14)3-5(11(16)17)13-10(15)8-4-7-6(19-8)1-2-18-7/h1-2,4-5H,3H2,(H2,12,14)(H,13,15)(H,16,17). The Labute approximate surface area is 115 Å². The van der Waals surface area contributed by atoms with E-state index in [9.17, 15) is 14.4 Å². The fraction of sp³-hybridized carbons (Fsp3) is 0.182. The molecule has 8 heteroatoms. The van der Waals surface area contributed by atoms with Gasteiger partial charge in [-0.05, 0) is 17.5 Å². The third-order valence-corrected chi connectivity index (χ3v) is 4.46. The molecular weight excluding hydrogens is 288 g/mol. The number of thiophene rings is 2. The smallest absolute Gasteiger partial charge is 0.326 e. The zero-order chi connectivity index (χ0) is 14.0. The maximum absolute atomic E-state index is 11.9. The number of aliphatic carboxylic acids is 1. The lowest BCUT2D eigenvalue weighted by molar-refractivity contribution is -0.140. The van der Waals surface area contributed by atoms with Crippen LogP contribution in [0.4, 0.5) is 0 Å². The Morgan fingerprint density at radius 3 is 2.68 bits per heavy atom. The van der Waals surface area contributed by atoms with Crippen LogP contribution in [-0.4, -0.2) is 28.9 Å². The van der Waals surface area contributed by atoms with Crippen LogP contribution in [0.5, 0.6) is 0 Å². The first-order chi connectivity index (χ1) is 8.97. The van der Waals surface area contributed by atoms with Crippen LogP contribution < -0.4 is 11.1 Å². The maximum atomic E-state index is 11.9. The summed E-state index contributed by atoms with van der Waals surface area (Å²) in [6.07, 6.45) is -0.430. The molecule has 0 aliphatic rings. The van der Waals surface area contributed by atoms with Crippen LogP contribution in [0.15, 0.2) is 17.5 Å². The van der Waals surface area contributed by atoms with Crippen molar-refractivity contribution >= 4 is 49.9 Å². The van der Waals surface area contributed by atoms with Crippen molar-refractivity contribution in [2.45, 2.75) is 12.5 Å².